The van der Waals surface area contributed by atoms with E-state index in [0.29, 0.717) is 12.0 Å². The molecule has 1 aliphatic heterocycles. The van der Waals surface area contributed by atoms with Crippen molar-refractivity contribution in [3.05, 3.63) is 59.2 Å². The minimum atomic E-state index is -4.70. The number of carbonyl (C=O) groups is 1. The summed E-state index contributed by atoms with van der Waals surface area (Å²) in [6.45, 7) is 1.98. The van der Waals surface area contributed by atoms with E-state index in [-0.39, 0.29) is 30.8 Å². The molecule has 0 bridgehead atoms. The van der Waals surface area contributed by atoms with E-state index in [1.165, 1.54) is 5.57 Å². The number of aliphatic carboxylic acids is 1. The molecular weight excluding hydrogens is 495 g/mol. The van der Waals surface area contributed by atoms with Gasteiger partial charge in [-0.2, -0.15) is 13.2 Å². The van der Waals surface area contributed by atoms with E-state index in [1.54, 1.807) is 18.2 Å². The van der Waals surface area contributed by atoms with E-state index in [9.17, 15) is 26.4 Å². The Bertz CT molecular complexity index is 1270. The van der Waals surface area contributed by atoms with Gasteiger partial charge in [-0.05, 0) is 67.5 Å². The van der Waals surface area contributed by atoms with E-state index in [1.807, 2.05) is 6.08 Å². The normalized spacial score (nSPS) is 21.7. The van der Waals surface area contributed by atoms with Gasteiger partial charge in [0, 0.05) is 6.42 Å². The Labute approximate surface area is 208 Å². The Morgan fingerprint density at radius 3 is 2.69 bits per heavy atom. The highest BCUT2D eigenvalue weighted by Crippen LogP contribution is 2.40. The molecule has 1 fully saturated rings. The summed E-state index contributed by atoms with van der Waals surface area (Å²) in [5.41, 5.74) is 1.19. The summed E-state index contributed by atoms with van der Waals surface area (Å²) >= 11 is 0. The van der Waals surface area contributed by atoms with Crippen LogP contribution in [0.1, 0.15) is 56.6 Å². The van der Waals surface area contributed by atoms with Crippen LogP contribution in [0.2, 0.25) is 0 Å². The third kappa shape index (κ3) is 5.86. The Balaban J connectivity index is 1.75. The molecular formula is C26H28F3NO5S. The molecule has 0 saturated heterocycles. The number of hydrogen-bond donors (Lipinski definition) is 1. The zero-order valence-electron chi connectivity index (χ0n) is 19.8. The van der Waals surface area contributed by atoms with Gasteiger partial charge in [-0.25, -0.2) is 8.42 Å². The van der Waals surface area contributed by atoms with Gasteiger partial charge in [0.05, 0.1) is 22.7 Å². The molecule has 36 heavy (non-hydrogen) atoms. The predicted octanol–water partition coefficient (Wildman–Crippen LogP) is 6.12. The second-order valence-corrected chi connectivity index (χ2v) is 11.3. The minimum absolute atomic E-state index is 0.0487. The van der Waals surface area contributed by atoms with E-state index >= 15 is 0 Å². The molecule has 194 valence electrons. The number of allylic oxidation sites excluding steroid dienone is 1. The third-order valence-electron chi connectivity index (χ3n) is 6.52. The van der Waals surface area contributed by atoms with Gasteiger partial charge in [0.2, 0.25) is 0 Å². The maximum absolute atomic E-state index is 13.6. The Kier molecular flexibility index (Phi) is 7.36. The van der Waals surface area contributed by atoms with Crippen molar-refractivity contribution in [3.8, 4) is 5.75 Å². The van der Waals surface area contributed by atoms with Gasteiger partial charge in [0.25, 0.3) is 10.0 Å². The second-order valence-electron chi connectivity index (χ2n) is 9.47. The highest BCUT2D eigenvalue weighted by atomic mass is 32.2. The summed E-state index contributed by atoms with van der Waals surface area (Å²) in [4.78, 5) is 10.6. The first-order valence-corrected chi connectivity index (χ1v) is 13.3. The monoisotopic (exact) mass is 523 g/mol. The van der Waals surface area contributed by atoms with Crippen LogP contribution in [0.4, 0.5) is 18.9 Å². The average molecular weight is 524 g/mol. The quantitative estimate of drug-likeness (QED) is 0.493. The van der Waals surface area contributed by atoms with E-state index in [2.05, 4.69) is 6.92 Å². The second kappa shape index (κ2) is 10.2. The van der Waals surface area contributed by atoms with Gasteiger partial charge in [-0.3, -0.25) is 9.10 Å². The lowest BCUT2D eigenvalue weighted by atomic mass is 9.86. The van der Waals surface area contributed by atoms with E-state index in [0.717, 1.165) is 53.8 Å². The zero-order chi connectivity index (χ0) is 26.1. The molecule has 10 heteroatoms. The molecule has 2 aromatic carbocycles. The van der Waals surface area contributed by atoms with Gasteiger partial charge in [-0.1, -0.05) is 37.1 Å². The van der Waals surface area contributed by atoms with Gasteiger partial charge in [0.1, 0.15) is 11.9 Å². The molecule has 0 aromatic heterocycles. The number of carboxylic acids is 1. The maximum atomic E-state index is 13.6. The summed E-state index contributed by atoms with van der Waals surface area (Å²) in [6, 6.07) is 8.73. The van der Waals surface area contributed by atoms with Crippen molar-refractivity contribution in [2.75, 3.05) is 10.8 Å². The fourth-order valence-electron chi connectivity index (χ4n) is 4.74. The number of halogens is 3. The number of sulfonamides is 1. The number of fused-ring (bicyclic) bond motifs is 1. The van der Waals surface area contributed by atoms with Crippen LogP contribution in [0.5, 0.6) is 5.75 Å². The van der Waals surface area contributed by atoms with Crippen molar-refractivity contribution in [1.82, 2.24) is 0 Å². The third-order valence-corrected chi connectivity index (χ3v) is 8.30. The minimum Gasteiger partial charge on any atom is -0.486 e. The number of benzene rings is 2. The molecule has 4 rings (SSSR count). The standard InChI is InChI=1S/C26H28F3NO5S/c1-17-4-2-5-18(12-17)13-19-8-10-24-23(14-19)30(16-21(35-24)9-11-25(31)32)36(33,34)22-7-3-6-20(15-22)26(27,28)29/h3,6-8,10,13-15,17,21H,2,4-5,9,11-12,16H2,1H3,(H,31,32)/b18-13+/t17?,21-/m0/s1. The van der Waals surface area contributed by atoms with Gasteiger partial charge < -0.3 is 9.84 Å². The van der Waals surface area contributed by atoms with Crippen molar-refractivity contribution in [2.45, 2.75) is 62.6 Å². The summed E-state index contributed by atoms with van der Waals surface area (Å²) in [5.74, 6) is -0.245. The van der Waals surface area contributed by atoms with Crippen LogP contribution < -0.4 is 9.04 Å². The summed E-state index contributed by atoms with van der Waals surface area (Å²) in [5, 5.41) is 9.06. The molecule has 1 saturated carbocycles. The number of anilines is 1. The molecule has 1 heterocycles. The summed E-state index contributed by atoms with van der Waals surface area (Å²) < 4.78 is 74.1. The lowest BCUT2D eigenvalue weighted by Gasteiger charge is -2.35. The Hall–Kier alpha value is -3.01. The van der Waals surface area contributed by atoms with Crippen LogP contribution in [0.3, 0.4) is 0 Å². The van der Waals surface area contributed by atoms with E-state index < -0.39 is 38.7 Å². The average Bonchev–Trinajstić information content (AvgIpc) is 2.82. The first-order valence-electron chi connectivity index (χ1n) is 11.9. The van der Waals surface area contributed by atoms with Crippen molar-refractivity contribution in [2.24, 2.45) is 5.92 Å². The molecule has 1 N–H and O–H groups in total. The molecule has 0 spiro atoms. The highest BCUT2D eigenvalue weighted by molar-refractivity contribution is 7.92. The van der Waals surface area contributed by atoms with Crippen molar-refractivity contribution in [1.29, 1.82) is 0 Å². The van der Waals surface area contributed by atoms with Crippen molar-refractivity contribution in [3.63, 3.8) is 0 Å². The number of alkyl halides is 3. The van der Waals surface area contributed by atoms with E-state index in [4.69, 9.17) is 9.84 Å². The smallest absolute Gasteiger partial charge is 0.416 e. The number of hydrogen-bond acceptors (Lipinski definition) is 4. The molecule has 0 amide bonds. The first kappa shape index (κ1) is 26.1. The largest absolute Gasteiger partial charge is 0.486 e. The summed E-state index contributed by atoms with van der Waals surface area (Å²) in [7, 11) is -4.40. The number of ether oxygens (including phenoxy) is 1. The molecule has 0 radical (unpaired) electrons. The van der Waals surface area contributed by atoms with Crippen LogP contribution in [-0.4, -0.2) is 32.1 Å². The molecule has 1 aliphatic carbocycles. The molecule has 1 unspecified atom stereocenters. The fraction of sp³-hybridized carbons (Fsp3) is 0.423. The highest BCUT2D eigenvalue weighted by Gasteiger charge is 2.37. The van der Waals surface area contributed by atoms with Crippen molar-refractivity contribution < 1.29 is 36.2 Å². The topological polar surface area (TPSA) is 83.9 Å². The molecule has 2 atom stereocenters. The maximum Gasteiger partial charge on any atom is 0.416 e. The Morgan fingerprint density at radius 1 is 1.22 bits per heavy atom. The lowest BCUT2D eigenvalue weighted by molar-refractivity contribution is -0.138. The lowest BCUT2D eigenvalue weighted by Crippen LogP contribution is -2.43. The van der Waals surface area contributed by atoms with Crippen LogP contribution in [0, 0.1) is 5.92 Å². The van der Waals surface area contributed by atoms with Gasteiger partial charge >= 0.3 is 12.1 Å². The number of carboxylic acid groups (broad SMARTS) is 1. The molecule has 2 aromatic rings. The SMILES string of the molecule is CC1CCC/C(=C\c2ccc3c(c2)N(S(=O)(=O)c2cccc(C(F)(F)F)c2)C[C@H](CCC(=O)O)O3)C1. The summed E-state index contributed by atoms with van der Waals surface area (Å²) in [6.07, 6.45) is 0.540. The predicted molar refractivity (Wildman–Crippen MR) is 129 cm³/mol. The van der Waals surface area contributed by atoms with Crippen LogP contribution >= 0.6 is 0 Å². The van der Waals surface area contributed by atoms with Crippen LogP contribution in [0.15, 0.2) is 52.9 Å². The van der Waals surface area contributed by atoms with Crippen molar-refractivity contribution >= 4 is 27.8 Å². The van der Waals surface area contributed by atoms with Gasteiger partial charge in [0.15, 0.2) is 0 Å². The van der Waals surface area contributed by atoms with Crippen LogP contribution in [0.25, 0.3) is 6.08 Å². The Morgan fingerprint density at radius 2 is 2.00 bits per heavy atom. The van der Waals surface area contributed by atoms with Gasteiger partial charge in [-0.15, -0.1) is 0 Å². The zero-order valence-corrected chi connectivity index (χ0v) is 20.6. The molecule has 2 aliphatic rings. The van der Waals surface area contributed by atoms with Crippen LogP contribution in [-0.2, 0) is 21.0 Å². The molecule has 6 nitrogen and oxygen atoms in total. The number of nitrogens with zero attached hydrogens (tertiary/aromatic N) is 1. The first-order chi connectivity index (χ1) is 16.9. The fourth-order valence-corrected chi connectivity index (χ4v) is 6.28. The number of rotatable bonds is 6.